The molecule has 6 rings (SSSR count). The lowest BCUT2D eigenvalue weighted by molar-refractivity contribution is 0.434. The molecule has 6 aliphatic rings. The summed E-state index contributed by atoms with van der Waals surface area (Å²) in [5.74, 6) is 11.7. The average molecular weight is 202 g/mol. The van der Waals surface area contributed by atoms with E-state index in [2.05, 4.69) is 19.6 Å². The molecule has 8 atom stereocenters. The van der Waals surface area contributed by atoms with Gasteiger partial charge in [-0.05, 0) is 58.3 Å². The smallest absolute Gasteiger partial charge is 0.0516 e. The lowest BCUT2D eigenvalue weighted by Gasteiger charge is -2.33. The minimum absolute atomic E-state index is 0.847. The van der Waals surface area contributed by atoms with E-state index in [1.807, 2.05) is 0 Å². The molecule has 0 nitrogen and oxygen atoms in total. The second kappa shape index (κ2) is 1.28. The van der Waals surface area contributed by atoms with Gasteiger partial charge in [-0.3, -0.25) is 0 Å². The average Bonchev–Trinajstić information content (AvgIpc) is 2.92. The first kappa shape index (κ1) is 6.73. The fraction of sp³-hybridized carbons (Fsp3) is 1.00. The first-order chi connectivity index (χ1) is 6.62. The van der Waals surface area contributed by atoms with Gasteiger partial charge in [0.15, 0.2) is 0 Å². The van der Waals surface area contributed by atoms with Gasteiger partial charge in [0.2, 0.25) is 0 Å². The van der Waals surface area contributed by atoms with Crippen molar-refractivity contribution < 1.29 is 0 Å². The van der Waals surface area contributed by atoms with E-state index in [-0.39, 0.29) is 0 Å². The summed E-state index contributed by atoms with van der Waals surface area (Å²) in [5.41, 5.74) is 0. The largest absolute Gasteiger partial charge is 0.0691 e. The molecule has 0 aliphatic heterocycles. The molecule has 74 valence electrons. The molecule has 0 heterocycles. The maximum atomic E-state index is 2.68. The highest BCUT2D eigenvalue weighted by atomic mass is 28.3. The Hall–Kier alpha value is 0.217. The molecule has 0 amide bonds. The van der Waals surface area contributed by atoms with E-state index in [9.17, 15) is 0 Å². The van der Waals surface area contributed by atoms with E-state index in [0.717, 1.165) is 5.04 Å². The zero-order chi connectivity index (χ0) is 9.20. The molecule has 6 aliphatic carbocycles. The van der Waals surface area contributed by atoms with E-state index in [1.54, 1.807) is 0 Å². The summed E-state index contributed by atoms with van der Waals surface area (Å²) in [4.78, 5) is 0. The number of hydrogen-bond donors (Lipinski definition) is 0. The molecular weight excluding hydrogens is 184 g/mol. The lowest BCUT2D eigenvalue weighted by atomic mass is 10.0. The summed E-state index contributed by atoms with van der Waals surface area (Å²) in [6.45, 7) is 8.04. The molecule has 0 bridgehead atoms. The second-order valence-electron chi connectivity index (χ2n) is 8.22. The van der Waals surface area contributed by atoms with Crippen LogP contribution in [0.2, 0.25) is 24.7 Å². The normalized spacial score (nSPS) is 87.2. The van der Waals surface area contributed by atoms with Crippen molar-refractivity contribution in [1.29, 1.82) is 0 Å². The molecule has 0 spiro atoms. The Kier molecular flexibility index (Phi) is 0.616. The van der Waals surface area contributed by atoms with Crippen LogP contribution in [0.3, 0.4) is 0 Å². The van der Waals surface area contributed by atoms with Crippen LogP contribution in [0.5, 0.6) is 0 Å². The van der Waals surface area contributed by atoms with Gasteiger partial charge in [0.1, 0.15) is 0 Å². The van der Waals surface area contributed by atoms with Crippen LogP contribution >= 0.6 is 0 Å². The van der Waals surface area contributed by atoms with Gasteiger partial charge in [-0.1, -0.05) is 19.6 Å². The van der Waals surface area contributed by atoms with Gasteiger partial charge in [0, 0.05) is 0 Å². The molecule has 14 heavy (non-hydrogen) atoms. The molecule has 8 unspecified atom stereocenters. The van der Waals surface area contributed by atoms with Crippen molar-refractivity contribution in [2.24, 2.45) is 53.3 Å². The van der Waals surface area contributed by atoms with E-state index in [0.29, 0.717) is 0 Å². The van der Waals surface area contributed by atoms with Gasteiger partial charge in [0.25, 0.3) is 0 Å². The van der Waals surface area contributed by atoms with Crippen LogP contribution in [0, 0.1) is 53.3 Å². The fourth-order valence-corrected chi connectivity index (χ4v) is 12.2. The summed E-state index contributed by atoms with van der Waals surface area (Å²) in [6, 6.07) is 0. The third-order valence-electron chi connectivity index (χ3n) is 7.72. The van der Waals surface area contributed by atoms with Gasteiger partial charge in [-0.25, -0.2) is 0 Å². The van der Waals surface area contributed by atoms with Crippen LogP contribution in [0.1, 0.15) is 0 Å². The van der Waals surface area contributed by atoms with Gasteiger partial charge in [-0.15, -0.1) is 0 Å². The molecule has 6 saturated carbocycles. The summed E-state index contributed by atoms with van der Waals surface area (Å²) in [7, 11) is -0.847. The van der Waals surface area contributed by atoms with Crippen LogP contribution < -0.4 is 0 Å². The number of hydrogen-bond acceptors (Lipinski definition) is 0. The quantitative estimate of drug-likeness (QED) is 0.574. The zero-order valence-electron chi connectivity index (χ0n) is 9.20. The molecule has 0 saturated heterocycles. The minimum atomic E-state index is -0.847. The lowest BCUT2D eigenvalue weighted by Crippen LogP contribution is -2.35. The highest BCUT2D eigenvalue weighted by molar-refractivity contribution is 6.80. The summed E-state index contributed by atoms with van der Waals surface area (Å²) in [5, 5.41) is 1.03. The van der Waals surface area contributed by atoms with E-state index in [4.69, 9.17) is 0 Å². The van der Waals surface area contributed by atoms with Crippen LogP contribution in [-0.2, 0) is 0 Å². The third-order valence-corrected chi connectivity index (χ3v) is 11.3. The first-order valence-electron chi connectivity index (χ1n) is 6.62. The Morgan fingerprint density at radius 1 is 0.643 bits per heavy atom. The SMILES string of the molecule is C[Si](C)(C)C12C3C4C5C6C3C6C1C2C54. The maximum Gasteiger partial charge on any atom is 0.0516 e. The fourth-order valence-electron chi connectivity index (χ4n) is 8.13. The van der Waals surface area contributed by atoms with Crippen molar-refractivity contribution >= 4 is 8.07 Å². The Morgan fingerprint density at radius 3 is 1.50 bits per heavy atom. The Balaban J connectivity index is 1.68. The van der Waals surface area contributed by atoms with Gasteiger partial charge < -0.3 is 0 Å². The van der Waals surface area contributed by atoms with Gasteiger partial charge in [-0.2, -0.15) is 0 Å². The molecule has 0 aromatic carbocycles. The molecular formula is C13H18Si. The van der Waals surface area contributed by atoms with Gasteiger partial charge in [0.05, 0.1) is 8.07 Å². The molecule has 0 aromatic rings. The molecule has 1 heteroatoms. The number of rotatable bonds is 1. The van der Waals surface area contributed by atoms with Gasteiger partial charge >= 0.3 is 0 Å². The van der Waals surface area contributed by atoms with Crippen molar-refractivity contribution in [2.45, 2.75) is 24.7 Å². The van der Waals surface area contributed by atoms with Crippen molar-refractivity contribution in [1.82, 2.24) is 0 Å². The summed E-state index contributed by atoms with van der Waals surface area (Å²) in [6.07, 6.45) is 0. The standard InChI is InChI=1S/C13H18Si/c1-14(2,3)13-10-6-4-5-7(10)9(5)12(13)11(13)8(4)6/h4-12H,1-3H3. The maximum absolute atomic E-state index is 2.68. The van der Waals surface area contributed by atoms with Crippen molar-refractivity contribution in [3.8, 4) is 0 Å². The van der Waals surface area contributed by atoms with Crippen LogP contribution in [0.4, 0.5) is 0 Å². The van der Waals surface area contributed by atoms with Crippen LogP contribution in [-0.4, -0.2) is 8.07 Å². The Labute approximate surface area is 86.5 Å². The molecule has 0 aromatic heterocycles. The predicted octanol–water partition coefficient (Wildman–Crippen LogP) is 2.69. The molecule has 6 fully saturated rings. The Bertz CT molecular complexity index is 370. The number of fused-ring (bicyclic) bond motifs is 6. The second-order valence-corrected chi connectivity index (χ2v) is 13.6. The summed E-state index contributed by atoms with van der Waals surface area (Å²) >= 11 is 0. The zero-order valence-corrected chi connectivity index (χ0v) is 10.2. The molecule has 0 radical (unpaired) electrons. The van der Waals surface area contributed by atoms with Crippen molar-refractivity contribution in [2.75, 3.05) is 0 Å². The minimum Gasteiger partial charge on any atom is -0.0691 e. The molecule has 0 N–H and O–H groups in total. The highest BCUT2D eigenvalue weighted by Gasteiger charge is 3.04. The van der Waals surface area contributed by atoms with E-state index < -0.39 is 8.07 Å². The van der Waals surface area contributed by atoms with Crippen molar-refractivity contribution in [3.05, 3.63) is 0 Å². The van der Waals surface area contributed by atoms with Crippen molar-refractivity contribution in [3.63, 3.8) is 0 Å². The topological polar surface area (TPSA) is 0 Å². The summed E-state index contributed by atoms with van der Waals surface area (Å²) < 4.78 is 0. The van der Waals surface area contributed by atoms with Crippen LogP contribution in [0.25, 0.3) is 0 Å². The predicted molar refractivity (Wildman–Crippen MR) is 57.4 cm³/mol. The third kappa shape index (κ3) is 0.321. The monoisotopic (exact) mass is 202 g/mol. The first-order valence-corrected chi connectivity index (χ1v) is 10.1. The van der Waals surface area contributed by atoms with Crippen LogP contribution in [0.15, 0.2) is 0 Å². The highest BCUT2D eigenvalue weighted by Crippen LogP contribution is 3.09. The Morgan fingerprint density at radius 2 is 1.07 bits per heavy atom. The van der Waals surface area contributed by atoms with E-state index in [1.165, 1.54) is 53.3 Å². The van der Waals surface area contributed by atoms with E-state index >= 15 is 0 Å².